The Labute approximate surface area is 113 Å². The first-order valence-electron chi connectivity index (χ1n) is 5.59. The molecule has 0 saturated carbocycles. The molecule has 0 unspecified atom stereocenters. The van der Waals surface area contributed by atoms with Crippen LogP contribution in [0.5, 0.6) is 0 Å². The quantitative estimate of drug-likeness (QED) is 0.719. The fourth-order valence-electron chi connectivity index (χ4n) is 1.67. The second-order valence-electron chi connectivity index (χ2n) is 3.85. The van der Waals surface area contributed by atoms with Gasteiger partial charge < -0.3 is 11.1 Å². The van der Waals surface area contributed by atoms with Crippen LogP contribution in [-0.2, 0) is 6.42 Å². The molecule has 3 N–H and O–H groups in total. The summed E-state index contributed by atoms with van der Waals surface area (Å²) < 4.78 is 1.12. The van der Waals surface area contributed by atoms with Crippen LogP contribution in [0, 0.1) is 0 Å². The molecule has 0 bridgehead atoms. The van der Waals surface area contributed by atoms with Gasteiger partial charge in [-0.1, -0.05) is 11.3 Å². The highest BCUT2D eigenvalue weighted by molar-refractivity contribution is 7.22. The molecule has 0 aliphatic carbocycles. The van der Waals surface area contributed by atoms with Gasteiger partial charge in [-0.15, -0.1) is 11.3 Å². The molecule has 0 aliphatic rings. The Kier molecular flexibility index (Phi) is 3.12. The fraction of sp³-hybridized carbons (Fsp3) is 0.167. The zero-order chi connectivity index (χ0) is 12.4. The van der Waals surface area contributed by atoms with E-state index in [9.17, 15) is 0 Å². The third-order valence-electron chi connectivity index (χ3n) is 2.51. The van der Waals surface area contributed by atoms with E-state index in [-0.39, 0.29) is 0 Å². The molecule has 0 fully saturated rings. The number of nitrogens with one attached hydrogen (secondary N) is 1. The molecule has 2 aromatic heterocycles. The number of nitrogen functional groups attached to an aromatic ring is 1. The zero-order valence-corrected chi connectivity index (χ0v) is 11.2. The van der Waals surface area contributed by atoms with Crippen molar-refractivity contribution in [2.45, 2.75) is 6.42 Å². The van der Waals surface area contributed by atoms with E-state index in [0.717, 1.165) is 39.0 Å². The van der Waals surface area contributed by atoms with Crippen LogP contribution in [0.25, 0.3) is 10.2 Å². The molecular formula is C12H12N4S2. The first kappa shape index (κ1) is 11.4. The zero-order valence-electron chi connectivity index (χ0n) is 9.59. The first-order chi connectivity index (χ1) is 8.81. The summed E-state index contributed by atoms with van der Waals surface area (Å²) in [5, 5.41) is 7.40. The Hall–Kier alpha value is -1.66. The molecule has 18 heavy (non-hydrogen) atoms. The summed E-state index contributed by atoms with van der Waals surface area (Å²) in [6, 6.07) is 5.79. The highest BCUT2D eigenvalue weighted by atomic mass is 32.1. The maximum Gasteiger partial charge on any atom is 0.183 e. The lowest BCUT2D eigenvalue weighted by Gasteiger charge is -1.98. The summed E-state index contributed by atoms with van der Waals surface area (Å²) in [7, 11) is 0. The lowest BCUT2D eigenvalue weighted by atomic mass is 10.3. The van der Waals surface area contributed by atoms with Gasteiger partial charge >= 0.3 is 0 Å². The largest absolute Gasteiger partial charge is 0.399 e. The predicted molar refractivity (Wildman–Crippen MR) is 78.3 cm³/mol. The van der Waals surface area contributed by atoms with Crippen molar-refractivity contribution >= 4 is 43.7 Å². The maximum atomic E-state index is 5.75. The molecule has 3 rings (SSSR count). The van der Waals surface area contributed by atoms with E-state index < -0.39 is 0 Å². The van der Waals surface area contributed by atoms with Gasteiger partial charge in [0, 0.05) is 30.2 Å². The summed E-state index contributed by atoms with van der Waals surface area (Å²) in [5.41, 5.74) is 7.52. The van der Waals surface area contributed by atoms with Crippen molar-refractivity contribution in [3.8, 4) is 0 Å². The van der Waals surface area contributed by atoms with Gasteiger partial charge in [0.05, 0.1) is 15.2 Å². The summed E-state index contributed by atoms with van der Waals surface area (Å²) >= 11 is 3.31. The van der Waals surface area contributed by atoms with Crippen LogP contribution in [0.4, 0.5) is 10.8 Å². The van der Waals surface area contributed by atoms with Crippen molar-refractivity contribution in [1.82, 2.24) is 9.97 Å². The Bertz CT molecular complexity index is 645. The van der Waals surface area contributed by atoms with Gasteiger partial charge in [-0.2, -0.15) is 0 Å². The van der Waals surface area contributed by atoms with Gasteiger partial charge in [-0.05, 0) is 18.2 Å². The van der Waals surface area contributed by atoms with Gasteiger partial charge in [0.1, 0.15) is 0 Å². The third kappa shape index (κ3) is 2.44. The van der Waals surface area contributed by atoms with Crippen LogP contribution in [0.3, 0.4) is 0 Å². The number of anilines is 2. The van der Waals surface area contributed by atoms with E-state index in [4.69, 9.17) is 5.73 Å². The monoisotopic (exact) mass is 276 g/mol. The molecule has 0 amide bonds. The summed E-state index contributed by atoms with van der Waals surface area (Å²) in [4.78, 5) is 8.75. The van der Waals surface area contributed by atoms with Gasteiger partial charge in [-0.3, -0.25) is 0 Å². The van der Waals surface area contributed by atoms with Gasteiger partial charge in [0.25, 0.3) is 0 Å². The number of nitrogens with zero attached hydrogens (tertiary/aromatic N) is 2. The number of aromatic nitrogens is 2. The standard InChI is InChI=1S/C12H12N4S2/c13-8-1-2-9-10(7-8)18-12(16-9)15-4-3-11-14-5-6-17-11/h1-2,5-7H,3-4,13H2,(H,15,16). The number of hydrogen-bond acceptors (Lipinski definition) is 6. The molecule has 0 aliphatic heterocycles. The lowest BCUT2D eigenvalue weighted by molar-refractivity contribution is 0.996. The van der Waals surface area contributed by atoms with Crippen LogP contribution >= 0.6 is 22.7 Å². The molecule has 0 radical (unpaired) electrons. The minimum absolute atomic E-state index is 0.778. The van der Waals surface area contributed by atoms with Crippen LogP contribution in [0.15, 0.2) is 29.8 Å². The SMILES string of the molecule is Nc1ccc2nc(NCCc3nccs3)sc2c1. The summed E-state index contributed by atoms with van der Waals surface area (Å²) in [5.74, 6) is 0. The van der Waals surface area contributed by atoms with Crippen LogP contribution < -0.4 is 11.1 Å². The molecule has 3 aromatic rings. The number of rotatable bonds is 4. The van der Waals surface area contributed by atoms with Crippen molar-refractivity contribution < 1.29 is 0 Å². The second-order valence-corrected chi connectivity index (χ2v) is 5.86. The van der Waals surface area contributed by atoms with E-state index in [2.05, 4.69) is 15.3 Å². The molecule has 6 heteroatoms. The van der Waals surface area contributed by atoms with Crippen molar-refractivity contribution in [2.75, 3.05) is 17.6 Å². The van der Waals surface area contributed by atoms with E-state index in [1.54, 1.807) is 22.7 Å². The second kappa shape index (κ2) is 4.91. The summed E-state index contributed by atoms with van der Waals surface area (Å²) in [6.45, 7) is 0.850. The molecule has 2 heterocycles. The Morgan fingerprint density at radius 3 is 3.11 bits per heavy atom. The predicted octanol–water partition coefficient (Wildman–Crippen LogP) is 2.99. The molecular weight excluding hydrogens is 264 g/mol. The lowest BCUT2D eigenvalue weighted by Crippen LogP contribution is -2.03. The van der Waals surface area contributed by atoms with E-state index in [1.807, 2.05) is 29.8 Å². The molecule has 1 aromatic carbocycles. The van der Waals surface area contributed by atoms with Crippen LogP contribution in [0.2, 0.25) is 0 Å². The minimum atomic E-state index is 0.778. The Morgan fingerprint density at radius 1 is 1.33 bits per heavy atom. The Balaban J connectivity index is 1.67. The smallest absolute Gasteiger partial charge is 0.183 e. The van der Waals surface area contributed by atoms with Gasteiger partial charge in [0.2, 0.25) is 0 Å². The Morgan fingerprint density at radius 2 is 2.28 bits per heavy atom. The van der Waals surface area contributed by atoms with E-state index in [0.29, 0.717) is 0 Å². The van der Waals surface area contributed by atoms with Gasteiger partial charge in [-0.25, -0.2) is 9.97 Å². The molecule has 0 spiro atoms. The first-order valence-corrected chi connectivity index (χ1v) is 7.29. The molecule has 0 atom stereocenters. The van der Waals surface area contributed by atoms with Crippen molar-refractivity contribution in [3.63, 3.8) is 0 Å². The van der Waals surface area contributed by atoms with Gasteiger partial charge in [0.15, 0.2) is 5.13 Å². The molecule has 0 saturated heterocycles. The van der Waals surface area contributed by atoms with Crippen molar-refractivity contribution in [3.05, 3.63) is 34.8 Å². The average molecular weight is 276 g/mol. The maximum absolute atomic E-state index is 5.75. The number of hydrogen-bond donors (Lipinski definition) is 2. The van der Waals surface area contributed by atoms with Crippen molar-refractivity contribution in [1.29, 1.82) is 0 Å². The molecule has 4 nitrogen and oxygen atoms in total. The van der Waals surface area contributed by atoms with Crippen LogP contribution in [0.1, 0.15) is 5.01 Å². The topological polar surface area (TPSA) is 63.8 Å². The fourth-order valence-corrected chi connectivity index (χ4v) is 3.23. The normalized spacial score (nSPS) is 10.9. The van der Waals surface area contributed by atoms with Crippen molar-refractivity contribution in [2.24, 2.45) is 0 Å². The average Bonchev–Trinajstić information content (AvgIpc) is 2.97. The number of nitrogens with two attached hydrogens (primary N) is 1. The highest BCUT2D eigenvalue weighted by Gasteiger charge is 2.03. The highest BCUT2D eigenvalue weighted by Crippen LogP contribution is 2.27. The number of fused-ring (bicyclic) bond motifs is 1. The van der Waals surface area contributed by atoms with E-state index in [1.165, 1.54) is 0 Å². The third-order valence-corrected chi connectivity index (χ3v) is 4.33. The number of benzene rings is 1. The van der Waals surface area contributed by atoms with Crippen LogP contribution in [-0.4, -0.2) is 16.5 Å². The van der Waals surface area contributed by atoms with E-state index >= 15 is 0 Å². The molecule has 92 valence electrons. The summed E-state index contributed by atoms with van der Waals surface area (Å²) in [6.07, 6.45) is 2.76. The number of thiazole rings is 2. The minimum Gasteiger partial charge on any atom is -0.399 e.